The van der Waals surface area contributed by atoms with Crippen LogP contribution in [0.5, 0.6) is 0 Å². The SMILES string of the molecule is CCCC1(C)CCCN(C(=NC)NCC2CCN(Cc3nc(C)c(C)o3)CC2)C1.I. The van der Waals surface area contributed by atoms with Gasteiger partial charge < -0.3 is 14.6 Å². The molecule has 30 heavy (non-hydrogen) atoms. The lowest BCUT2D eigenvalue weighted by Crippen LogP contribution is -2.51. The van der Waals surface area contributed by atoms with Gasteiger partial charge in [-0.3, -0.25) is 9.89 Å². The average Bonchev–Trinajstić information content (AvgIpc) is 3.00. The monoisotopic (exact) mass is 531 g/mol. The van der Waals surface area contributed by atoms with Crippen molar-refractivity contribution in [3.63, 3.8) is 0 Å². The van der Waals surface area contributed by atoms with E-state index in [2.05, 4.69) is 38.9 Å². The highest BCUT2D eigenvalue weighted by atomic mass is 127. The Balaban J connectivity index is 0.00000320. The lowest BCUT2D eigenvalue weighted by atomic mass is 9.78. The molecule has 3 heterocycles. The minimum absolute atomic E-state index is 0. The summed E-state index contributed by atoms with van der Waals surface area (Å²) in [7, 11) is 1.93. The molecule has 1 aromatic heterocycles. The van der Waals surface area contributed by atoms with Crippen molar-refractivity contribution >= 4 is 29.9 Å². The quantitative estimate of drug-likeness (QED) is 0.331. The zero-order chi connectivity index (χ0) is 20.9. The number of rotatable bonds is 6. The smallest absolute Gasteiger partial charge is 0.208 e. The van der Waals surface area contributed by atoms with E-state index in [1.165, 1.54) is 38.5 Å². The maximum atomic E-state index is 5.75. The Morgan fingerprint density at radius 1 is 1.27 bits per heavy atom. The van der Waals surface area contributed by atoms with Crippen molar-refractivity contribution in [2.45, 2.75) is 72.8 Å². The van der Waals surface area contributed by atoms with Crippen LogP contribution in [0.25, 0.3) is 0 Å². The van der Waals surface area contributed by atoms with Crippen LogP contribution in [-0.4, -0.2) is 60.5 Å². The molecule has 0 spiro atoms. The minimum Gasteiger partial charge on any atom is -0.444 e. The molecule has 3 rings (SSSR count). The van der Waals surface area contributed by atoms with Crippen LogP contribution >= 0.6 is 24.0 Å². The van der Waals surface area contributed by atoms with Crippen molar-refractivity contribution < 1.29 is 4.42 Å². The Bertz CT molecular complexity index is 660. The summed E-state index contributed by atoms with van der Waals surface area (Å²) < 4.78 is 5.75. The number of hydrogen-bond donors (Lipinski definition) is 1. The molecular formula is C23H42IN5O. The zero-order valence-corrected chi connectivity index (χ0v) is 22.0. The second kappa shape index (κ2) is 11.7. The fourth-order valence-corrected chi connectivity index (χ4v) is 5.02. The van der Waals surface area contributed by atoms with Gasteiger partial charge in [-0.25, -0.2) is 4.98 Å². The summed E-state index contributed by atoms with van der Waals surface area (Å²) in [6.07, 6.45) is 7.63. The van der Waals surface area contributed by atoms with E-state index in [9.17, 15) is 0 Å². The van der Waals surface area contributed by atoms with Crippen molar-refractivity contribution in [2.75, 3.05) is 39.8 Å². The molecule has 2 aliphatic rings. The summed E-state index contributed by atoms with van der Waals surface area (Å²) in [4.78, 5) is 14.1. The van der Waals surface area contributed by atoms with E-state index < -0.39 is 0 Å². The van der Waals surface area contributed by atoms with Crippen LogP contribution in [0.15, 0.2) is 9.41 Å². The fourth-order valence-electron chi connectivity index (χ4n) is 5.02. The molecule has 0 radical (unpaired) electrons. The number of guanidine groups is 1. The van der Waals surface area contributed by atoms with Gasteiger partial charge in [-0.15, -0.1) is 24.0 Å². The summed E-state index contributed by atoms with van der Waals surface area (Å²) in [6.45, 7) is 15.1. The second-order valence-corrected chi connectivity index (χ2v) is 9.48. The first-order valence-electron chi connectivity index (χ1n) is 11.5. The van der Waals surface area contributed by atoms with Crippen LogP contribution < -0.4 is 5.32 Å². The molecule has 7 heteroatoms. The van der Waals surface area contributed by atoms with Crippen molar-refractivity contribution in [3.8, 4) is 0 Å². The van der Waals surface area contributed by atoms with E-state index in [4.69, 9.17) is 4.42 Å². The third-order valence-electron chi connectivity index (χ3n) is 6.83. The number of aromatic nitrogens is 1. The fraction of sp³-hybridized carbons (Fsp3) is 0.826. The van der Waals surface area contributed by atoms with E-state index in [1.807, 2.05) is 20.9 Å². The Morgan fingerprint density at radius 2 is 2.00 bits per heavy atom. The van der Waals surface area contributed by atoms with Gasteiger partial charge in [0, 0.05) is 26.7 Å². The zero-order valence-electron chi connectivity index (χ0n) is 19.7. The van der Waals surface area contributed by atoms with Crippen LogP contribution in [0.3, 0.4) is 0 Å². The summed E-state index contributed by atoms with van der Waals surface area (Å²) >= 11 is 0. The topological polar surface area (TPSA) is 56.9 Å². The first-order chi connectivity index (χ1) is 13.9. The van der Waals surface area contributed by atoms with E-state index in [0.29, 0.717) is 11.3 Å². The molecule has 0 saturated carbocycles. The summed E-state index contributed by atoms with van der Waals surface area (Å²) in [5, 5.41) is 3.69. The van der Waals surface area contributed by atoms with E-state index in [-0.39, 0.29) is 24.0 Å². The first-order valence-corrected chi connectivity index (χ1v) is 11.5. The van der Waals surface area contributed by atoms with Gasteiger partial charge in [0.2, 0.25) is 5.89 Å². The number of likely N-dealkylation sites (tertiary alicyclic amines) is 2. The number of aliphatic imine (C=N–C) groups is 1. The van der Waals surface area contributed by atoms with Crippen molar-refractivity contribution in [1.82, 2.24) is 20.1 Å². The van der Waals surface area contributed by atoms with Crippen LogP contribution in [-0.2, 0) is 6.54 Å². The summed E-state index contributed by atoms with van der Waals surface area (Å²) in [5.74, 6) is 3.61. The number of halogens is 1. The highest BCUT2D eigenvalue weighted by molar-refractivity contribution is 14.0. The van der Waals surface area contributed by atoms with Gasteiger partial charge in [0.05, 0.1) is 12.2 Å². The molecule has 2 aliphatic heterocycles. The maximum Gasteiger partial charge on any atom is 0.208 e. The summed E-state index contributed by atoms with van der Waals surface area (Å²) in [5.41, 5.74) is 1.45. The standard InChI is InChI=1S/C23H41N5O.HI/c1-6-10-23(4)11-7-12-28(17-23)22(24-5)25-15-20-8-13-27(14-9-20)16-21-26-18(2)19(3)29-21;/h20H,6-17H2,1-5H3,(H,24,25);1H. The molecule has 0 aromatic carbocycles. The minimum atomic E-state index is 0. The van der Waals surface area contributed by atoms with Gasteiger partial charge in [-0.05, 0) is 70.4 Å². The molecule has 0 aliphatic carbocycles. The molecule has 6 nitrogen and oxygen atoms in total. The predicted octanol–water partition coefficient (Wildman–Crippen LogP) is 4.60. The molecule has 0 amide bonds. The third kappa shape index (κ3) is 6.84. The van der Waals surface area contributed by atoms with Gasteiger partial charge in [-0.2, -0.15) is 0 Å². The molecule has 1 atom stereocenters. The number of nitrogens with zero attached hydrogens (tertiary/aromatic N) is 4. The van der Waals surface area contributed by atoms with Gasteiger partial charge >= 0.3 is 0 Å². The largest absolute Gasteiger partial charge is 0.444 e. The summed E-state index contributed by atoms with van der Waals surface area (Å²) in [6, 6.07) is 0. The number of oxazole rings is 1. The lowest BCUT2D eigenvalue weighted by Gasteiger charge is -2.42. The molecule has 172 valence electrons. The Hall–Kier alpha value is -0.830. The lowest BCUT2D eigenvalue weighted by molar-refractivity contribution is 0.140. The van der Waals surface area contributed by atoms with Gasteiger partial charge in [0.15, 0.2) is 5.96 Å². The van der Waals surface area contributed by atoms with Gasteiger partial charge in [0.25, 0.3) is 0 Å². The van der Waals surface area contributed by atoms with Crippen molar-refractivity contribution in [1.29, 1.82) is 0 Å². The Kier molecular flexibility index (Phi) is 9.91. The van der Waals surface area contributed by atoms with Crippen LogP contribution in [0.1, 0.15) is 69.7 Å². The molecular weight excluding hydrogens is 489 g/mol. The highest BCUT2D eigenvalue weighted by Gasteiger charge is 2.31. The predicted molar refractivity (Wildman–Crippen MR) is 135 cm³/mol. The van der Waals surface area contributed by atoms with E-state index >= 15 is 0 Å². The highest BCUT2D eigenvalue weighted by Crippen LogP contribution is 2.34. The normalized spacial score (nSPS) is 24.0. The van der Waals surface area contributed by atoms with Crippen LogP contribution in [0.2, 0.25) is 0 Å². The van der Waals surface area contributed by atoms with Crippen LogP contribution in [0.4, 0.5) is 0 Å². The van der Waals surface area contributed by atoms with Crippen LogP contribution in [0, 0.1) is 25.2 Å². The third-order valence-corrected chi connectivity index (χ3v) is 6.83. The average molecular weight is 532 g/mol. The number of hydrogen-bond acceptors (Lipinski definition) is 4. The number of nitrogens with one attached hydrogen (secondary N) is 1. The maximum absolute atomic E-state index is 5.75. The number of piperidine rings is 2. The van der Waals surface area contributed by atoms with E-state index in [1.54, 1.807) is 0 Å². The van der Waals surface area contributed by atoms with Gasteiger partial charge in [0.1, 0.15) is 5.76 Å². The molecule has 1 N–H and O–H groups in total. The second-order valence-electron chi connectivity index (χ2n) is 9.48. The van der Waals surface area contributed by atoms with Crippen molar-refractivity contribution in [2.24, 2.45) is 16.3 Å². The first kappa shape index (κ1) is 25.4. The molecule has 1 unspecified atom stereocenters. The van der Waals surface area contributed by atoms with E-state index in [0.717, 1.165) is 62.6 Å². The van der Waals surface area contributed by atoms with Gasteiger partial charge in [-0.1, -0.05) is 20.3 Å². The Morgan fingerprint density at radius 3 is 2.60 bits per heavy atom. The van der Waals surface area contributed by atoms with Crippen molar-refractivity contribution in [3.05, 3.63) is 17.3 Å². The molecule has 1 aromatic rings. The molecule has 2 saturated heterocycles. The molecule has 2 fully saturated rings. The number of aryl methyl sites for hydroxylation is 2. The molecule has 0 bridgehead atoms. The Labute approximate surface area is 200 Å².